The number of carbonyl (C=O) groups excluding carboxylic acids is 2. The van der Waals surface area contributed by atoms with Gasteiger partial charge in [-0.15, -0.1) is 11.3 Å². The molecule has 3 rings (SSSR count). The summed E-state index contributed by atoms with van der Waals surface area (Å²) in [5.41, 5.74) is 1.57. The van der Waals surface area contributed by atoms with Crippen molar-refractivity contribution < 1.29 is 14.3 Å². The molecule has 0 fully saturated rings. The first-order chi connectivity index (χ1) is 13.4. The fourth-order valence-corrected chi connectivity index (χ4v) is 3.90. The van der Waals surface area contributed by atoms with Gasteiger partial charge in [0.25, 0.3) is 5.56 Å². The molecule has 0 bridgehead atoms. The molecule has 0 radical (unpaired) electrons. The number of aromatic nitrogens is 2. The van der Waals surface area contributed by atoms with E-state index in [0.717, 1.165) is 10.4 Å². The number of anilines is 1. The summed E-state index contributed by atoms with van der Waals surface area (Å²) >= 11 is 1.34. The molecule has 1 aromatic carbocycles. The van der Waals surface area contributed by atoms with Crippen LogP contribution in [0, 0.1) is 13.8 Å². The van der Waals surface area contributed by atoms with Crippen molar-refractivity contribution in [2.24, 2.45) is 0 Å². The van der Waals surface area contributed by atoms with E-state index < -0.39 is 5.97 Å². The number of aromatic amines is 1. The zero-order chi connectivity index (χ0) is 20.3. The number of esters is 1. The average Bonchev–Trinajstić information content (AvgIpc) is 2.94. The van der Waals surface area contributed by atoms with Crippen LogP contribution in [0.3, 0.4) is 0 Å². The minimum atomic E-state index is -0.444. The first kappa shape index (κ1) is 19.8. The Hall–Kier alpha value is -3.00. The standard InChI is InChI=1S/C20H21N3O4S/c1-4-27-20(26)17-11(2)12(3)28-19(17)23-16(24)10-9-15-21-14-8-6-5-7-13(14)18(25)22-15/h5-8H,4,9-10H2,1-3H3,(H,23,24)(H,21,22,25). The summed E-state index contributed by atoms with van der Waals surface area (Å²) in [5, 5.41) is 3.79. The molecular weight excluding hydrogens is 378 g/mol. The van der Waals surface area contributed by atoms with Crippen molar-refractivity contribution in [3.8, 4) is 0 Å². The van der Waals surface area contributed by atoms with Crippen LogP contribution in [0.25, 0.3) is 10.9 Å². The molecule has 0 saturated carbocycles. The highest BCUT2D eigenvalue weighted by Crippen LogP contribution is 2.33. The Morgan fingerprint density at radius 1 is 1.25 bits per heavy atom. The maximum Gasteiger partial charge on any atom is 0.341 e. The number of thiophene rings is 1. The molecule has 2 aromatic heterocycles. The van der Waals surface area contributed by atoms with Gasteiger partial charge < -0.3 is 15.0 Å². The third-order valence-electron chi connectivity index (χ3n) is 4.37. The monoisotopic (exact) mass is 399 g/mol. The number of carbonyl (C=O) groups is 2. The third-order valence-corrected chi connectivity index (χ3v) is 5.49. The van der Waals surface area contributed by atoms with Crippen LogP contribution in [0.1, 0.15) is 40.0 Å². The first-order valence-electron chi connectivity index (χ1n) is 8.95. The van der Waals surface area contributed by atoms with Crippen LogP contribution in [0.4, 0.5) is 5.00 Å². The van der Waals surface area contributed by atoms with Gasteiger partial charge in [-0.1, -0.05) is 12.1 Å². The number of fused-ring (bicyclic) bond motifs is 1. The van der Waals surface area contributed by atoms with Crippen LogP contribution in [0.5, 0.6) is 0 Å². The lowest BCUT2D eigenvalue weighted by atomic mass is 10.1. The lowest BCUT2D eigenvalue weighted by Gasteiger charge is -2.07. The fraction of sp³-hybridized carbons (Fsp3) is 0.300. The van der Waals surface area contributed by atoms with Crippen molar-refractivity contribution in [2.45, 2.75) is 33.6 Å². The zero-order valence-corrected chi connectivity index (χ0v) is 16.7. The number of para-hydroxylation sites is 1. The molecule has 0 spiro atoms. The maximum atomic E-state index is 12.4. The molecule has 0 aliphatic carbocycles. The van der Waals surface area contributed by atoms with Gasteiger partial charge >= 0.3 is 5.97 Å². The van der Waals surface area contributed by atoms with E-state index in [1.165, 1.54) is 11.3 Å². The Morgan fingerprint density at radius 2 is 2.00 bits per heavy atom. The molecule has 1 amide bonds. The minimum absolute atomic E-state index is 0.125. The largest absolute Gasteiger partial charge is 0.462 e. The van der Waals surface area contributed by atoms with Crippen LogP contribution in [0.15, 0.2) is 29.1 Å². The second-order valence-electron chi connectivity index (χ2n) is 6.29. The van der Waals surface area contributed by atoms with Gasteiger partial charge in [0.05, 0.1) is 23.1 Å². The van der Waals surface area contributed by atoms with E-state index in [1.807, 2.05) is 19.9 Å². The summed E-state index contributed by atoms with van der Waals surface area (Å²) in [6, 6.07) is 7.05. The molecule has 0 atom stereocenters. The van der Waals surface area contributed by atoms with Crippen LogP contribution in [0.2, 0.25) is 0 Å². The van der Waals surface area contributed by atoms with Gasteiger partial charge in [-0.2, -0.15) is 0 Å². The van der Waals surface area contributed by atoms with Crippen molar-refractivity contribution in [2.75, 3.05) is 11.9 Å². The van der Waals surface area contributed by atoms with E-state index in [0.29, 0.717) is 27.3 Å². The topological polar surface area (TPSA) is 101 Å². The number of amides is 1. The van der Waals surface area contributed by atoms with Gasteiger partial charge in [0.15, 0.2) is 0 Å². The molecule has 2 N–H and O–H groups in total. The highest BCUT2D eigenvalue weighted by atomic mass is 32.1. The quantitative estimate of drug-likeness (QED) is 0.619. The molecule has 0 saturated heterocycles. The van der Waals surface area contributed by atoms with Gasteiger partial charge in [0, 0.05) is 17.7 Å². The van der Waals surface area contributed by atoms with Gasteiger partial charge in [-0.05, 0) is 38.5 Å². The van der Waals surface area contributed by atoms with Gasteiger partial charge in [-0.25, -0.2) is 9.78 Å². The van der Waals surface area contributed by atoms with Crippen LogP contribution < -0.4 is 10.9 Å². The molecule has 2 heterocycles. The van der Waals surface area contributed by atoms with Crippen molar-refractivity contribution in [3.05, 3.63) is 56.4 Å². The Labute approximate surface area is 165 Å². The van der Waals surface area contributed by atoms with Crippen LogP contribution in [-0.2, 0) is 16.0 Å². The smallest absolute Gasteiger partial charge is 0.341 e. The highest BCUT2D eigenvalue weighted by Gasteiger charge is 2.22. The first-order valence-corrected chi connectivity index (χ1v) is 9.77. The van der Waals surface area contributed by atoms with Gasteiger partial charge in [0.1, 0.15) is 10.8 Å². The molecule has 0 aliphatic rings. The Morgan fingerprint density at radius 3 is 2.75 bits per heavy atom. The van der Waals surface area contributed by atoms with Crippen LogP contribution >= 0.6 is 11.3 Å². The van der Waals surface area contributed by atoms with Crippen molar-refractivity contribution >= 4 is 39.1 Å². The van der Waals surface area contributed by atoms with Gasteiger partial charge in [0.2, 0.25) is 5.91 Å². The van der Waals surface area contributed by atoms with Crippen molar-refractivity contribution in [1.29, 1.82) is 0 Å². The molecule has 146 valence electrons. The van der Waals surface area contributed by atoms with E-state index in [-0.39, 0.29) is 30.9 Å². The van der Waals surface area contributed by atoms with Gasteiger partial charge in [-0.3, -0.25) is 9.59 Å². The molecule has 7 nitrogen and oxygen atoms in total. The lowest BCUT2D eigenvalue weighted by molar-refractivity contribution is -0.116. The predicted molar refractivity (Wildman–Crippen MR) is 109 cm³/mol. The van der Waals surface area contributed by atoms with E-state index in [4.69, 9.17) is 4.74 Å². The number of nitrogens with one attached hydrogen (secondary N) is 2. The number of H-pyrrole nitrogens is 1. The second-order valence-corrected chi connectivity index (χ2v) is 7.51. The normalized spacial score (nSPS) is 10.8. The number of benzene rings is 1. The molecule has 28 heavy (non-hydrogen) atoms. The summed E-state index contributed by atoms with van der Waals surface area (Å²) in [4.78, 5) is 44.8. The Balaban J connectivity index is 1.73. The Bertz CT molecular complexity index is 1100. The SMILES string of the molecule is CCOC(=O)c1c(NC(=O)CCc2nc3ccccc3c(=O)[nH]2)sc(C)c1C. The number of aryl methyl sites for hydroxylation is 2. The summed E-state index contributed by atoms with van der Waals surface area (Å²) in [7, 11) is 0. The molecule has 8 heteroatoms. The predicted octanol–water partition coefficient (Wildman–Crippen LogP) is 3.35. The van der Waals surface area contributed by atoms with Crippen molar-refractivity contribution in [1.82, 2.24) is 9.97 Å². The number of rotatable bonds is 6. The van der Waals surface area contributed by atoms with E-state index in [1.54, 1.807) is 25.1 Å². The maximum absolute atomic E-state index is 12.4. The summed E-state index contributed by atoms with van der Waals surface area (Å²) in [5.74, 6) is -0.259. The zero-order valence-electron chi connectivity index (χ0n) is 15.9. The summed E-state index contributed by atoms with van der Waals surface area (Å²) in [6.07, 6.45) is 0.406. The molecular formula is C20H21N3O4S. The lowest BCUT2D eigenvalue weighted by Crippen LogP contribution is -2.17. The van der Waals surface area contributed by atoms with E-state index in [9.17, 15) is 14.4 Å². The fourth-order valence-electron chi connectivity index (χ4n) is 2.84. The molecule has 3 aromatic rings. The highest BCUT2D eigenvalue weighted by molar-refractivity contribution is 7.16. The van der Waals surface area contributed by atoms with E-state index in [2.05, 4.69) is 15.3 Å². The third kappa shape index (κ3) is 4.12. The van der Waals surface area contributed by atoms with Crippen molar-refractivity contribution in [3.63, 3.8) is 0 Å². The average molecular weight is 399 g/mol. The number of nitrogens with zero attached hydrogens (tertiary/aromatic N) is 1. The number of ether oxygens (including phenoxy) is 1. The molecule has 0 unspecified atom stereocenters. The summed E-state index contributed by atoms with van der Waals surface area (Å²) < 4.78 is 5.09. The second kappa shape index (κ2) is 8.35. The molecule has 0 aliphatic heterocycles. The van der Waals surface area contributed by atoms with E-state index >= 15 is 0 Å². The minimum Gasteiger partial charge on any atom is -0.462 e. The number of hydrogen-bond acceptors (Lipinski definition) is 6. The van der Waals surface area contributed by atoms with Crippen LogP contribution in [-0.4, -0.2) is 28.5 Å². The summed E-state index contributed by atoms with van der Waals surface area (Å²) in [6.45, 7) is 5.73. The number of hydrogen-bond donors (Lipinski definition) is 2. The Kier molecular flexibility index (Phi) is 5.89.